The molecule has 0 N–H and O–H groups in total. The van der Waals surface area contributed by atoms with Crippen molar-refractivity contribution in [2.24, 2.45) is 0 Å². The Morgan fingerprint density at radius 1 is 1.25 bits per heavy atom. The van der Waals surface area contributed by atoms with E-state index in [1.54, 1.807) is 20.8 Å². The fraction of sp³-hybridized carbons (Fsp3) is 0.500. The van der Waals surface area contributed by atoms with Gasteiger partial charge in [-0.1, -0.05) is 0 Å². The highest BCUT2D eigenvalue weighted by molar-refractivity contribution is 5.37. The average Bonchev–Trinajstić information content (AvgIpc) is 2.40. The van der Waals surface area contributed by atoms with E-state index in [-0.39, 0.29) is 0 Å². The van der Waals surface area contributed by atoms with Crippen LogP contribution in [0.1, 0.15) is 32.0 Å². The molecule has 16 heavy (non-hydrogen) atoms. The maximum absolute atomic E-state index is 13.2. The zero-order valence-electron chi connectivity index (χ0n) is 8.98. The van der Waals surface area contributed by atoms with Crippen molar-refractivity contribution < 1.29 is 17.6 Å². The molecular weight excluding hydrogens is 224 g/mol. The first kappa shape index (κ1) is 12.6. The zero-order chi connectivity index (χ0) is 12.7. The van der Waals surface area contributed by atoms with Gasteiger partial charge >= 0.3 is 6.18 Å². The summed E-state index contributed by atoms with van der Waals surface area (Å²) in [4.78, 5) is 0. The first-order chi connectivity index (χ1) is 7.09. The molecule has 1 aromatic heterocycles. The molecule has 88 valence electrons. The summed E-state index contributed by atoms with van der Waals surface area (Å²) in [7, 11) is 0. The average molecular weight is 234 g/mol. The van der Waals surface area contributed by atoms with E-state index in [1.165, 1.54) is 6.07 Å². The second kappa shape index (κ2) is 3.51. The van der Waals surface area contributed by atoms with Gasteiger partial charge < -0.3 is 4.57 Å². The molecule has 0 aromatic carbocycles. The van der Waals surface area contributed by atoms with Crippen LogP contribution < -0.4 is 0 Å². The van der Waals surface area contributed by atoms with E-state index < -0.39 is 28.8 Å². The van der Waals surface area contributed by atoms with Gasteiger partial charge in [0.25, 0.3) is 0 Å². The summed E-state index contributed by atoms with van der Waals surface area (Å²) in [6, 6.07) is 1.40. The Morgan fingerprint density at radius 2 is 1.75 bits per heavy atom. The summed E-state index contributed by atoms with van der Waals surface area (Å²) < 4.78 is 51.7. The molecule has 1 rings (SSSR count). The van der Waals surface area contributed by atoms with Gasteiger partial charge in [0, 0.05) is 11.7 Å². The zero-order valence-corrected chi connectivity index (χ0v) is 8.98. The molecule has 0 aliphatic rings. The van der Waals surface area contributed by atoms with Crippen LogP contribution in [0.15, 0.2) is 6.20 Å². The van der Waals surface area contributed by atoms with E-state index in [2.05, 4.69) is 0 Å². The largest absolute Gasteiger partial charge is 0.422 e. The van der Waals surface area contributed by atoms with Gasteiger partial charge in [-0.3, -0.25) is 0 Å². The predicted molar refractivity (Wildman–Crippen MR) is 49.1 cm³/mol. The van der Waals surface area contributed by atoms with Crippen LogP contribution >= 0.6 is 0 Å². The molecule has 0 aliphatic carbocycles. The van der Waals surface area contributed by atoms with Crippen molar-refractivity contribution in [3.8, 4) is 6.07 Å². The molecule has 0 bridgehead atoms. The van der Waals surface area contributed by atoms with Gasteiger partial charge in [0.15, 0.2) is 5.82 Å². The maximum Gasteiger partial charge on any atom is 0.422 e. The summed E-state index contributed by atoms with van der Waals surface area (Å²) in [5.74, 6) is -1.42. The molecule has 2 nitrogen and oxygen atoms in total. The van der Waals surface area contributed by atoms with Crippen LogP contribution in [-0.4, -0.2) is 4.57 Å². The molecule has 0 atom stereocenters. The Morgan fingerprint density at radius 3 is 2.06 bits per heavy atom. The van der Waals surface area contributed by atoms with E-state index in [4.69, 9.17) is 5.26 Å². The highest BCUT2D eigenvalue weighted by Crippen LogP contribution is 2.36. The van der Waals surface area contributed by atoms with Crippen LogP contribution in [0.25, 0.3) is 0 Å². The summed E-state index contributed by atoms with van der Waals surface area (Å²) in [6.07, 6.45) is -4.15. The number of nitrogens with zero attached hydrogens (tertiary/aromatic N) is 2. The summed E-state index contributed by atoms with van der Waals surface area (Å²) in [5.41, 5.74) is -2.97. The maximum atomic E-state index is 13.2. The Kier molecular flexibility index (Phi) is 2.75. The second-order valence-corrected chi connectivity index (χ2v) is 4.35. The molecule has 0 aliphatic heterocycles. The van der Waals surface area contributed by atoms with E-state index in [9.17, 15) is 17.6 Å². The van der Waals surface area contributed by atoms with Crippen molar-refractivity contribution in [1.82, 2.24) is 4.57 Å². The molecule has 0 amide bonds. The van der Waals surface area contributed by atoms with E-state index >= 15 is 0 Å². The summed E-state index contributed by atoms with van der Waals surface area (Å²) in [5, 5.41) is 8.70. The number of alkyl halides is 3. The van der Waals surface area contributed by atoms with Crippen LogP contribution in [0.3, 0.4) is 0 Å². The summed E-state index contributed by atoms with van der Waals surface area (Å²) in [6.45, 7) is 4.77. The van der Waals surface area contributed by atoms with Crippen LogP contribution in [-0.2, 0) is 11.7 Å². The first-order valence-electron chi connectivity index (χ1n) is 4.47. The minimum Gasteiger partial charge on any atom is -0.331 e. The van der Waals surface area contributed by atoms with E-state index in [0.717, 1.165) is 4.57 Å². The minimum atomic E-state index is -4.86. The number of hydrogen-bond acceptors (Lipinski definition) is 1. The fourth-order valence-corrected chi connectivity index (χ4v) is 1.38. The van der Waals surface area contributed by atoms with Gasteiger partial charge in [-0.05, 0) is 20.8 Å². The standard InChI is InChI=1S/C10H10F4N2/c1-9(2,3)16-5-6(11)8(7(16)4-15)10(12,13)14/h5H,1-3H3. The van der Waals surface area contributed by atoms with Crippen molar-refractivity contribution in [1.29, 1.82) is 5.26 Å². The molecule has 0 spiro atoms. The third-order valence-electron chi connectivity index (χ3n) is 2.07. The molecule has 1 aromatic rings. The third-order valence-corrected chi connectivity index (χ3v) is 2.07. The lowest BCUT2D eigenvalue weighted by Crippen LogP contribution is -2.23. The number of halogens is 4. The summed E-state index contributed by atoms with van der Waals surface area (Å²) >= 11 is 0. The van der Waals surface area contributed by atoms with Crippen molar-refractivity contribution in [3.05, 3.63) is 23.3 Å². The van der Waals surface area contributed by atoms with Gasteiger partial charge in [0.05, 0.1) is 0 Å². The smallest absolute Gasteiger partial charge is 0.331 e. The van der Waals surface area contributed by atoms with Crippen LogP contribution in [0.2, 0.25) is 0 Å². The lowest BCUT2D eigenvalue weighted by Gasteiger charge is -2.22. The molecule has 0 fully saturated rings. The highest BCUT2D eigenvalue weighted by Gasteiger charge is 2.41. The molecule has 0 saturated carbocycles. The number of hydrogen-bond donors (Lipinski definition) is 0. The topological polar surface area (TPSA) is 28.7 Å². The Bertz CT molecular complexity index is 443. The lowest BCUT2D eigenvalue weighted by molar-refractivity contribution is -0.140. The minimum absolute atomic E-state index is 0.697. The Hall–Kier alpha value is -1.51. The predicted octanol–water partition coefficient (Wildman–Crippen LogP) is 3.27. The van der Waals surface area contributed by atoms with Crippen molar-refractivity contribution in [2.45, 2.75) is 32.5 Å². The second-order valence-electron chi connectivity index (χ2n) is 4.35. The van der Waals surface area contributed by atoms with Crippen LogP contribution in [0, 0.1) is 17.1 Å². The van der Waals surface area contributed by atoms with Crippen molar-refractivity contribution >= 4 is 0 Å². The number of nitriles is 1. The van der Waals surface area contributed by atoms with Crippen LogP contribution in [0.5, 0.6) is 0 Å². The van der Waals surface area contributed by atoms with Gasteiger partial charge in [-0.25, -0.2) is 4.39 Å². The quantitative estimate of drug-likeness (QED) is 0.633. The molecule has 0 radical (unpaired) electrons. The molecule has 1 heterocycles. The van der Waals surface area contributed by atoms with Crippen LogP contribution in [0.4, 0.5) is 17.6 Å². The monoisotopic (exact) mass is 234 g/mol. The third kappa shape index (κ3) is 2.03. The normalized spacial score (nSPS) is 12.6. The van der Waals surface area contributed by atoms with E-state index in [0.29, 0.717) is 6.20 Å². The van der Waals surface area contributed by atoms with Crippen molar-refractivity contribution in [3.63, 3.8) is 0 Å². The lowest BCUT2D eigenvalue weighted by atomic mass is 10.1. The van der Waals surface area contributed by atoms with Crippen molar-refractivity contribution in [2.75, 3.05) is 0 Å². The highest BCUT2D eigenvalue weighted by atomic mass is 19.4. The Labute approximate surface area is 90.1 Å². The number of aromatic nitrogens is 1. The van der Waals surface area contributed by atoms with Gasteiger partial charge in [-0.2, -0.15) is 18.4 Å². The fourth-order valence-electron chi connectivity index (χ4n) is 1.38. The SMILES string of the molecule is CC(C)(C)n1cc(F)c(C(F)(F)F)c1C#N. The molecule has 0 saturated heterocycles. The van der Waals surface area contributed by atoms with E-state index in [1.807, 2.05) is 0 Å². The first-order valence-corrected chi connectivity index (χ1v) is 4.47. The van der Waals surface area contributed by atoms with Gasteiger partial charge in [-0.15, -0.1) is 0 Å². The molecule has 0 unspecified atom stereocenters. The van der Waals surface area contributed by atoms with Gasteiger partial charge in [0.1, 0.15) is 17.3 Å². The Balaban J connectivity index is 3.56. The molecular formula is C10H10F4N2. The number of rotatable bonds is 0. The van der Waals surface area contributed by atoms with Gasteiger partial charge in [0.2, 0.25) is 0 Å². The molecule has 6 heteroatoms.